The fraction of sp³-hybridized carbons (Fsp3) is 0.556. The molecule has 2 heteroatoms. The zero-order chi connectivity index (χ0) is 7.84. The molecule has 0 fully saturated rings. The lowest BCUT2D eigenvalue weighted by Gasteiger charge is -2.04. The van der Waals surface area contributed by atoms with Crippen LogP contribution in [0.4, 0.5) is 0 Å². The SMILES string of the molecule is CCc1scc2c1CN(C)C2. The van der Waals surface area contributed by atoms with Crippen LogP contribution < -0.4 is 0 Å². The summed E-state index contributed by atoms with van der Waals surface area (Å²) in [6.07, 6.45) is 1.20. The van der Waals surface area contributed by atoms with E-state index in [0.29, 0.717) is 0 Å². The summed E-state index contributed by atoms with van der Waals surface area (Å²) in [5, 5.41) is 2.32. The first kappa shape index (κ1) is 7.32. The molecule has 0 aromatic carbocycles. The fourth-order valence-electron chi connectivity index (χ4n) is 1.70. The minimum atomic E-state index is 1.16. The molecular formula is C9H13NS. The van der Waals surface area contributed by atoms with E-state index in [1.165, 1.54) is 13.0 Å². The average Bonchev–Trinajstić information content (AvgIpc) is 2.45. The predicted octanol–water partition coefficient (Wildman–Crippen LogP) is 2.26. The van der Waals surface area contributed by atoms with Crippen LogP contribution in [0, 0.1) is 0 Å². The van der Waals surface area contributed by atoms with E-state index in [9.17, 15) is 0 Å². The van der Waals surface area contributed by atoms with Crippen LogP contribution in [0.3, 0.4) is 0 Å². The van der Waals surface area contributed by atoms with E-state index < -0.39 is 0 Å². The number of hydrogen-bond acceptors (Lipinski definition) is 2. The standard InChI is InChI=1S/C9H13NS/c1-3-9-8-5-10(2)4-7(8)6-11-9/h6H,3-5H2,1-2H3. The molecule has 1 aromatic heterocycles. The normalized spacial score (nSPS) is 17.3. The summed E-state index contributed by atoms with van der Waals surface area (Å²) < 4.78 is 0. The number of rotatable bonds is 1. The third-order valence-electron chi connectivity index (χ3n) is 2.26. The summed E-state index contributed by atoms with van der Waals surface area (Å²) in [5.41, 5.74) is 3.18. The highest BCUT2D eigenvalue weighted by Gasteiger charge is 2.19. The molecule has 0 N–H and O–H groups in total. The summed E-state index contributed by atoms with van der Waals surface area (Å²) in [7, 11) is 2.18. The molecule has 0 unspecified atom stereocenters. The number of nitrogens with zero attached hydrogens (tertiary/aromatic N) is 1. The highest BCUT2D eigenvalue weighted by atomic mass is 32.1. The number of thiophene rings is 1. The first-order valence-corrected chi connectivity index (χ1v) is 4.96. The lowest BCUT2D eigenvalue weighted by atomic mass is 10.2. The van der Waals surface area contributed by atoms with Gasteiger partial charge in [0.1, 0.15) is 0 Å². The highest BCUT2D eigenvalue weighted by Crippen LogP contribution is 2.30. The molecule has 0 spiro atoms. The molecule has 0 bridgehead atoms. The molecule has 1 nitrogen and oxygen atoms in total. The Kier molecular flexibility index (Phi) is 1.74. The fourth-order valence-corrected chi connectivity index (χ4v) is 2.71. The van der Waals surface area contributed by atoms with Crippen molar-refractivity contribution in [2.75, 3.05) is 7.05 Å². The topological polar surface area (TPSA) is 3.24 Å². The first-order chi connectivity index (χ1) is 5.31. The Bertz CT molecular complexity index is 265. The third-order valence-corrected chi connectivity index (χ3v) is 3.48. The molecule has 2 rings (SSSR count). The molecule has 0 radical (unpaired) electrons. The molecule has 0 aliphatic carbocycles. The van der Waals surface area contributed by atoms with Gasteiger partial charge in [-0.25, -0.2) is 0 Å². The quantitative estimate of drug-likeness (QED) is 0.620. The summed E-state index contributed by atoms with van der Waals surface area (Å²) >= 11 is 1.93. The first-order valence-electron chi connectivity index (χ1n) is 4.08. The van der Waals surface area contributed by atoms with Crippen molar-refractivity contribution in [3.63, 3.8) is 0 Å². The summed E-state index contributed by atoms with van der Waals surface area (Å²) in [6, 6.07) is 0. The zero-order valence-corrected chi connectivity index (χ0v) is 7.87. The number of fused-ring (bicyclic) bond motifs is 1. The second-order valence-electron chi connectivity index (χ2n) is 3.19. The largest absolute Gasteiger partial charge is 0.298 e. The van der Waals surface area contributed by atoms with Gasteiger partial charge in [0.2, 0.25) is 0 Å². The molecule has 1 aliphatic rings. The van der Waals surface area contributed by atoms with Gasteiger partial charge in [0.15, 0.2) is 0 Å². The van der Waals surface area contributed by atoms with Gasteiger partial charge in [0.25, 0.3) is 0 Å². The molecule has 2 heterocycles. The molecule has 1 aromatic rings. The van der Waals surface area contributed by atoms with E-state index in [1.807, 2.05) is 11.3 Å². The Hall–Kier alpha value is -0.340. The Balaban J connectivity index is 2.37. The van der Waals surface area contributed by atoms with Gasteiger partial charge in [0.05, 0.1) is 0 Å². The van der Waals surface area contributed by atoms with Crippen LogP contribution in [0.5, 0.6) is 0 Å². The lowest BCUT2D eigenvalue weighted by Crippen LogP contribution is -2.08. The molecule has 1 aliphatic heterocycles. The summed E-state index contributed by atoms with van der Waals surface area (Å²) in [5.74, 6) is 0. The van der Waals surface area contributed by atoms with Crippen LogP contribution >= 0.6 is 11.3 Å². The van der Waals surface area contributed by atoms with Crippen molar-refractivity contribution in [2.24, 2.45) is 0 Å². The van der Waals surface area contributed by atoms with Crippen molar-refractivity contribution >= 4 is 11.3 Å². The van der Waals surface area contributed by atoms with Crippen LogP contribution in [0.25, 0.3) is 0 Å². The van der Waals surface area contributed by atoms with Crippen molar-refractivity contribution in [3.8, 4) is 0 Å². The maximum Gasteiger partial charge on any atom is 0.0248 e. The van der Waals surface area contributed by atoms with Gasteiger partial charge in [-0.15, -0.1) is 11.3 Å². The maximum atomic E-state index is 2.37. The van der Waals surface area contributed by atoms with Gasteiger partial charge in [0, 0.05) is 18.0 Å². The van der Waals surface area contributed by atoms with Crippen LogP contribution in [-0.2, 0) is 19.5 Å². The maximum absolute atomic E-state index is 2.37. The molecule has 0 atom stereocenters. The summed E-state index contributed by atoms with van der Waals surface area (Å²) in [4.78, 5) is 3.96. The number of aryl methyl sites for hydroxylation is 1. The predicted molar refractivity (Wildman–Crippen MR) is 48.9 cm³/mol. The van der Waals surface area contributed by atoms with Gasteiger partial charge in [-0.05, 0) is 30.0 Å². The molecule has 11 heavy (non-hydrogen) atoms. The minimum Gasteiger partial charge on any atom is -0.298 e. The summed E-state index contributed by atoms with van der Waals surface area (Å²) in [6.45, 7) is 4.57. The van der Waals surface area contributed by atoms with Crippen molar-refractivity contribution in [3.05, 3.63) is 21.4 Å². The van der Waals surface area contributed by atoms with E-state index in [1.54, 1.807) is 16.0 Å². The van der Waals surface area contributed by atoms with Crippen molar-refractivity contribution in [1.29, 1.82) is 0 Å². The van der Waals surface area contributed by atoms with Crippen LogP contribution in [0.15, 0.2) is 5.38 Å². The minimum absolute atomic E-state index is 1.16. The Morgan fingerprint density at radius 1 is 1.55 bits per heavy atom. The average molecular weight is 167 g/mol. The van der Waals surface area contributed by atoms with Gasteiger partial charge in [-0.3, -0.25) is 4.90 Å². The van der Waals surface area contributed by atoms with Gasteiger partial charge in [-0.1, -0.05) is 6.92 Å². The van der Waals surface area contributed by atoms with Crippen molar-refractivity contribution in [1.82, 2.24) is 4.90 Å². The molecule has 0 saturated carbocycles. The molecular weight excluding hydrogens is 154 g/mol. The Morgan fingerprint density at radius 3 is 3.09 bits per heavy atom. The van der Waals surface area contributed by atoms with Gasteiger partial charge < -0.3 is 0 Å². The second-order valence-corrected chi connectivity index (χ2v) is 4.15. The second kappa shape index (κ2) is 2.61. The van der Waals surface area contributed by atoms with Gasteiger partial charge in [-0.2, -0.15) is 0 Å². The van der Waals surface area contributed by atoms with E-state index >= 15 is 0 Å². The lowest BCUT2D eigenvalue weighted by molar-refractivity contribution is 0.352. The highest BCUT2D eigenvalue weighted by molar-refractivity contribution is 7.10. The van der Waals surface area contributed by atoms with Crippen molar-refractivity contribution in [2.45, 2.75) is 26.4 Å². The zero-order valence-electron chi connectivity index (χ0n) is 7.05. The van der Waals surface area contributed by atoms with E-state index in [0.717, 1.165) is 6.54 Å². The Labute approximate surface area is 71.7 Å². The Morgan fingerprint density at radius 2 is 2.36 bits per heavy atom. The third kappa shape index (κ3) is 1.10. The smallest absolute Gasteiger partial charge is 0.0248 e. The molecule has 0 saturated heterocycles. The van der Waals surface area contributed by atoms with E-state index in [4.69, 9.17) is 0 Å². The van der Waals surface area contributed by atoms with Crippen molar-refractivity contribution < 1.29 is 0 Å². The van der Waals surface area contributed by atoms with E-state index in [2.05, 4.69) is 24.3 Å². The molecule has 0 amide bonds. The number of hydrogen-bond donors (Lipinski definition) is 0. The van der Waals surface area contributed by atoms with Crippen LogP contribution in [0.2, 0.25) is 0 Å². The van der Waals surface area contributed by atoms with Gasteiger partial charge >= 0.3 is 0 Å². The van der Waals surface area contributed by atoms with E-state index in [-0.39, 0.29) is 0 Å². The monoisotopic (exact) mass is 167 g/mol. The molecule has 60 valence electrons. The van der Waals surface area contributed by atoms with Crippen LogP contribution in [-0.4, -0.2) is 11.9 Å². The van der Waals surface area contributed by atoms with Crippen LogP contribution in [0.1, 0.15) is 22.9 Å².